The molecule has 2 aromatic heterocycles. The monoisotopic (exact) mass is 640 g/mol. The van der Waals surface area contributed by atoms with Gasteiger partial charge in [0.15, 0.2) is 0 Å². The second-order valence-corrected chi connectivity index (χ2v) is 12.6. The fourth-order valence-corrected chi connectivity index (χ4v) is 7.16. The summed E-state index contributed by atoms with van der Waals surface area (Å²) in [5.74, 6) is 0.698. The van der Waals surface area contributed by atoms with E-state index in [9.17, 15) is 31.1 Å². The van der Waals surface area contributed by atoms with Crippen LogP contribution in [-0.4, -0.2) is 39.6 Å². The van der Waals surface area contributed by atoms with E-state index in [1.165, 1.54) is 22.7 Å². The second kappa shape index (κ2) is 12.2. The number of hydrogen-bond donors (Lipinski definition) is 0. The summed E-state index contributed by atoms with van der Waals surface area (Å²) in [6.45, 7) is 8.11. The zero-order valence-electron chi connectivity index (χ0n) is 24.8. The van der Waals surface area contributed by atoms with Crippen LogP contribution < -0.4 is 4.90 Å². The number of pyridine rings is 1. The van der Waals surface area contributed by atoms with Gasteiger partial charge < -0.3 is 9.64 Å². The Hall–Kier alpha value is -3.35. The number of ether oxygens (including phenoxy) is 1. The van der Waals surface area contributed by atoms with Gasteiger partial charge in [-0.25, -0.2) is 14.8 Å². The van der Waals surface area contributed by atoms with E-state index in [4.69, 9.17) is 9.72 Å². The molecule has 1 aliphatic heterocycles. The number of rotatable bonds is 7. The topological polar surface area (TPSA) is 58.6 Å². The largest absolute Gasteiger partial charge is 0.439 e. The Morgan fingerprint density at radius 3 is 2.18 bits per heavy atom. The molecule has 0 spiro atoms. The lowest BCUT2D eigenvalue weighted by molar-refractivity contribution is -0.143. The molecular formula is C31H34F6N4O2S. The Bertz CT molecular complexity index is 1480. The van der Waals surface area contributed by atoms with Gasteiger partial charge in [0.2, 0.25) is 0 Å². The molecule has 0 radical (unpaired) electrons. The van der Waals surface area contributed by atoms with Crippen molar-refractivity contribution in [3.05, 3.63) is 63.4 Å². The molecule has 3 aromatic rings. The Morgan fingerprint density at radius 1 is 1.00 bits per heavy atom. The molecule has 2 aliphatic rings. The average Bonchev–Trinajstić information content (AvgIpc) is 3.45. The van der Waals surface area contributed by atoms with Crippen molar-refractivity contribution in [3.63, 3.8) is 0 Å². The van der Waals surface area contributed by atoms with Crippen molar-refractivity contribution < 1.29 is 35.9 Å². The molecule has 1 amide bonds. The number of cyclic esters (lactones) is 1. The first-order valence-electron chi connectivity index (χ1n) is 14.6. The van der Waals surface area contributed by atoms with E-state index in [0.717, 1.165) is 46.8 Å². The van der Waals surface area contributed by atoms with Crippen LogP contribution in [0.3, 0.4) is 0 Å². The summed E-state index contributed by atoms with van der Waals surface area (Å²) in [4.78, 5) is 27.1. The molecule has 238 valence electrons. The zero-order valence-corrected chi connectivity index (χ0v) is 25.7. The molecule has 1 saturated carbocycles. The standard InChI is InChI=1S/C31H34F6N4O2S/c1-5-40(25-9-7-6-8-10-25)28-22(11-21(15-38-28)27-17(2)39-19(4)44-27)16-41-18(3)26(43-29(41)42)20-12-23(30(32,33)34)14-24(13-20)31(35,36)37/h11-15,18,25-26H,5-10,16H2,1-4H3. The summed E-state index contributed by atoms with van der Waals surface area (Å²) in [7, 11) is 0. The molecule has 5 rings (SSSR count). The minimum Gasteiger partial charge on any atom is -0.439 e. The van der Waals surface area contributed by atoms with Crippen molar-refractivity contribution in [3.8, 4) is 10.4 Å². The van der Waals surface area contributed by atoms with Crippen LogP contribution in [0.5, 0.6) is 0 Å². The van der Waals surface area contributed by atoms with Crippen LogP contribution in [0, 0.1) is 13.8 Å². The van der Waals surface area contributed by atoms with Crippen LogP contribution in [0.15, 0.2) is 30.5 Å². The van der Waals surface area contributed by atoms with E-state index in [-0.39, 0.29) is 24.2 Å². The fraction of sp³-hybridized carbons (Fsp3) is 0.516. The highest BCUT2D eigenvalue weighted by atomic mass is 32.1. The van der Waals surface area contributed by atoms with Gasteiger partial charge in [-0.2, -0.15) is 26.3 Å². The van der Waals surface area contributed by atoms with Crippen molar-refractivity contribution in [1.82, 2.24) is 14.9 Å². The smallest absolute Gasteiger partial charge is 0.416 e. The van der Waals surface area contributed by atoms with Crippen LogP contribution in [0.4, 0.5) is 37.0 Å². The average molecular weight is 641 g/mol. The third-order valence-electron chi connectivity index (χ3n) is 8.41. The third kappa shape index (κ3) is 6.52. The number of aryl methyl sites for hydroxylation is 2. The first kappa shape index (κ1) is 32.1. The number of benzene rings is 1. The molecule has 2 fully saturated rings. The van der Waals surface area contributed by atoms with Gasteiger partial charge in [-0.1, -0.05) is 19.3 Å². The number of alkyl halides is 6. The summed E-state index contributed by atoms with van der Waals surface area (Å²) < 4.78 is 86.9. The summed E-state index contributed by atoms with van der Waals surface area (Å²) in [6, 6.07) is 2.67. The van der Waals surface area contributed by atoms with E-state index in [1.54, 1.807) is 13.1 Å². The van der Waals surface area contributed by atoms with Crippen molar-refractivity contribution in [2.75, 3.05) is 11.4 Å². The lowest BCUT2D eigenvalue weighted by Gasteiger charge is -2.36. The summed E-state index contributed by atoms with van der Waals surface area (Å²) in [5.41, 5.74) is -0.905. The van der Waals surface area contributed by atoms with E-state index < -0.39 is 41.7 Å². The highest BCUT2D eigenvalue weighted by molar-refractivity contribution is 7.15. The molecule has 6 nitrogen and oxygen atoms in total. The lowest BCUT2D eigenvalue weighted by atomic mass is 9.93. The Morgan fingerprint density at radius 2 is 1.64 bits per heavy atom. The van der Waals surface area contributed by atoms with E-state index in [2.05, 4.69) is 9.88 Å². The molecule has 1 aliphatic carbocycles. The maximum absolute atomic E-state index is 13.6. The molecule has 44 heavy (non-hydrogen) atoms. The lowest BCUT2D eigenvalue weighted by Crippen LogP contribution is -2.39. The molecular weight excluding hydrogens is 606 g/mol. The molecule has 3 heterocycles. The van der Waals surface area contributed by atoms with Gasteiger partial charge in [0.25, 0.3) is 0 Å². The number of anilines is 1. The normalized spacial score (nSPS) is 19.9. The number of thiazole rings is 1. The quantitative estimate of drug-likeness (QED) is 0.241. The highest BCUT2D eigenvalue weighted by Crippen LogP contribution is 2.42. The predicted octanol–water partition coefficient (Wildman–Crippen LogP) is 9.10. The fourth-order valence-electron chi connectivity index (χ4n) is 6.26. The summed E-state index contributed by atoms with van der Waals surface area (Å²) >= 11 is 1.52. The minimum absolute atomic E-state index is 0.0117. The minimum atomic E-state index is -5.02. The first-order valence-corrected chi connectivity index (χ1v) is 15.5. The van der Waals surface area contributed by atoms with Gasteiger partial charge in [0, 0.05) is 29.9 Å². The maximum atomic E-state index is 13.6. The Kier molecular flexibility index (Phi) is 8.90. The number of amides is 1. The van der Waals surface area contributed by atoms with Crippen molar-refractivity contribution in [2.24, 2.45) is 0 Å². The first-order chi connectivity index (χ1) is 20.7. The molecule has 1 aromatic carbocycles. The Labute approximate surface area is 256 Å². The molecule has 2 atom stereocenters. The number of nitrogens with zero attached hydrogens (tertiary/aromatic N) is 4. The van der Waals surface area contributed by atoms with Crippen LogP contribution in [0.1, 0.15) is 85.0 Å². The molecule has 13 heteroatoms. The number of carbonyl (C=O) groups excluding carboxylic acids is 1. The molecule has 2 unspecified atom stereocenters. The van der Waals surface area contributed by atoms with Crippen molar-refractivity contribution >= 4 is 23.2 Å². The van der Waals surface area contributed by atoms with Crippen LogP contribution in [-0.2, 0) is 23.6 Å². The number of halogens is 6. The predicted molar refractivity (Wildman–Crippen MR) is 155 cm³/mol. The SMILES string of the molecule is CCN(c1ncc(-c2sc(C)nc2C)cc1CN1C(=O)OC(c2cc(C(F)(F)F)cc(C(F)(F)F)c2)C1C)C1CCCCC1. The molecule has 1 saturated heterocycles. The van der Waals surface area contributed by atoms with Gasteiger partial charge in [0.1, 0.15) is 11.9 Å². The number of hydrogen-bond acceptors (Lipinski definition) is 6. The van der Waals surface area contributed by atoms with Gasteiger partial charge >= 0.3 is 18.4 Å². The van der Waals surface area contributed by atoms with Gasteiger partial charge in [0.05, 0.1) is 39.3 Å². The maximum Gasteiger partial charge on any atom is 0.416 e. The number of aromatic nitrogens is 2. The van der Waals surface area contributed by atoms with Gasteiger partial charge in [-0.15, -0.1) is 11.3 Å². The zero-order chi connectivity index (χ0) is 32.0. The second-order valence-electron chi connectivity index (χ2n) is 11.4. The summed E-state index contributed by atoms with van der Waals surface area (Å²) in [6.07, 6.45) is -5.02. The van der Waals surface area contributed by atoms with Crippen molar-refractivity contribution in [1.29, 1.82) is 0 Å². The number of carbonyl (C=O) groups is 1. The van der Waals surface area contributed by atoms with E-state index in [0.29, 0.717) is 30.1 Å². The highest BCUT2D eigenvalue weighted by Gasteiger charge is 2.43. The van der Waals surface area contributed by atoms with E-state index >= 15 is 0 Å². The van der Waals surface area contributed by atoms with Gasteiger partial charge in [-0.3, -0.25) is 4.90 Å². The van der Waals surface area contributed by atoms with Crippen molar-refractivity contribution in [2.45, 2.75) is 96.9 Å². The summed E-state index contributed by atoms with van der Waals surface area (Å²) in [5, 5.41) is 0.888. The molecule has 0 bridgehead atoms. The van der Waals surface area contributed by atoms with Crippen LogP contribution >= 0.6 is 11.3 Å². The van der Waals surface area contributed by atoms with Crippen LogP contribution in [0.2, 0.25) is 0 Å². The van der Waals surface area contributed by atoms with E-state index in [1.807, 2.05) is 26.8 Å². The molecule has 0 N–H and O–H groups in total. The van der Waals surface area contributed by atoms with Gasteiger partial charge in [-0.05, 0) is 70.4 Å². The Balaban J connectivity index is 1.53. The third-order valence-corrected chi connectivity index (χ3v) is 9.53. The van der Waals surface area contributed by atoms with Crippen LogP contribution in [0.25, 0.3) is 10.4 Å².